The van der Waals surface area contributed by atoms with E-state index in [1.165, 1.54) is 5.09 Å². The number of aromatic hydroxyl groups is 1. The number of benzene rings is 1. The number of nitrogens with zero attached hydrogens (tertiary/aromatic N) is 2. The molecule has 1 rings (SSSR count). The van der Waals surface area contributed by atoms with Crippen LogP contribution in [0.15, 0.2) is 12.1 Å². The lowest BCUT2D eigenvalue weighted by Crippen LogP contribution is -2.36. The van der Waals surface area contributed by atoms with Crippen molar-refractivity contribution in [1.29, 1.82) is 0 Å². The van der Waals surface area contributed by atoms with Gasteiger partial charge in [0.15, 0.2) is 0 Å². The van der Waals surface area contributed by atoms with Crippen molar-refractivity contribution in [3.63, 3.8) is 0 Å². The first kappa shape index (κ1) is 18.4. The van der Waals surface area contributed by atoms with Crippen LogP contribution in [0.4, 0.5) is 11.4 Å². The zero-order valence-corrected chi connectivity index (χ0v) is 11.9. The van der Waals surface area contributed by atoms with Gasteiger partial charge in [0, 0.05) is 12.1 Å². The summed E-state index contributed by atoms with van der Waals surface area (Å²) in [5.41, 5.74) is -2.35. The number of phenolic OH excluding ortho intramolecular Hbond substituents is 1. The molecular formula is C9H10N3O10P. The smallest absolute Gasteiger partial charge is 0.401 e. The van der Waals surface area contributed by atoms with Crippen LogP contribution in [0.1, 0.15) is 5.56 Å². The number of nitrogens with one attached hydrogen (secondary N) is 1. The van der Waals surface area contributed by atoms with Gasteiger partial charge in [-0.05, 0) is 12.0 Å². The third-order valence-corrected chi connectivity index (χ3v) is 3.23. The number of hydrogen-bond acceptors (Lipinski definition) is 7. The Hall–Kier alpha value is -2.60. The molecule has 0 saturated heterocycles. The van der Waals surface area contributed by atoms with E-state index in [0.29, 0.717) is 12.1 Å². The van der Waals surface area contributed by atoms with E-state index in [1.54, 1.807) is 0 Å². The van der Waals surface area contributed by atoms with Gasteiger partial charge in [-0.25, -0.2) is 9.65 Å². The van der Waals surface area contributed by atoms with Gasteiger partial charge in [-0.2, -0.15) is 0 Å². The van der Waals surface area contributed by atoms with Crippen LogP contribution in [0.5, 0.6) is 5.75 Å². The van der Waals surface area contributed by atoms with E-state index < -0.39 is 53.1 Å². The van der Waals surface area contributed by atoms with E-state index in [4.69, 9.17) is 14.9 Å². The highest BCUT2D eigenvalue weighted by Crippen LogP contribution is 2.37. The highest BCUT2D eigenvalue weighted by Gasteiger charge is 2.30. The van der Waals surface area contributed by atoms with Gasteiger partial charge >= 0.3 is 25.1 Å². The van der Waals surface area contributed by atoms with E-state index in [0.717, 1.165) is 0 Å². The fourth-order valence-corrected chi connectivity index (χ4v) is 2.29. The van der Waals surface area contributed by atoms with Crippen LogP contribution in [0.25, 0.3) is 0 Å². The van der Waals surface area contributed by atoms with E-state index in [2.05, 4.69) is 0 Å². The van der Waals surface area contributed by atoms with Gasteiger partial charge in [0.05, 0.1) is 9.85 Å². The average molecular weight is 351 g/mol. The molecular weight excluding hydrogens is 341 g/mol. The molecule has 23 heavy (non-hydrogen) atoms. The van der Waals surface area contributed by atoms with Gasteiger partial charge in [0.2, 0.25) is 0 Å². The maximum atomic E-state index is 11.0. The molecule has 0 amide bonds. The molecule has 0 aliphatic carbocycles. The van der Waals surface area contributed by atoms with Crippen molar-refractivity contribution in [3.05, 3.63) is 37.9 Å². The molecule has 0 saturated carbocycles. The van der Waals surface area contributed by atoms with Crippen molar-refractivity contribution in [2.45, 2.75) is 12.5 Å². The highest BCUT2D eigenvalue weighted by molar-refractivity contribution is 7.49. The fourth-order valence-electron chi connectivity index (χ4n) is 1.68. The SMILES string of the molecule is O=C(O)[C@H](Cc1cc([N+](=O)[O-])c(O)c([N+](=O)[O-])c1)NP(=O)(O)O. The van der Waals surface area contributed by atoms with Crippen molar-refractivity contribution in [1.82, 2.24) is 5.09 Å². The summed E-state index contributed by atoms with van der Waals surface area (Å²) in [7, 11) is -4.93. The number of carboxylic acid groups (broad SMARTS) is 1. The monoisotopic (exact) mass is 351 g/mol. The molecule has 0 unspecified atom stereocenters. The van der Waals surface area contributed by atoms with Gasteiger partial charge < -0.3 is 20.0 Å². The first-order valence-electron chi connectivity index (χ1n) is 5.63. The minimum atomic E-state index is -4.93. The standard InChI is InChI=1S/C9H10N3O10P/c13-8-6(11(16)17)2-4(3-7(8)12(18)19)1-5(9(14)15)10-23(20,21)22/h2-3,5,13H,1H2,(H,14,15)(H3,10,20,21,22)/t5-/m0/s1. The lowest BCUT2D eigenvalue weighted by atomic mass is 10.0. The Morgan fingerprint density at radius 3 is 1.96 bits per heavy atom. The van der Waals surface area contributed by atoms with Crippen LogP contribution < -0.4 is 5.09 Å². The van der Waals surface area contributed by atoms with E-state index in [1.807, 2.05) is 0 Å². The number of nitro benzene ring substituents is 2. The second-order valence-corrected chi connectivity index (χ2v) is 5.61. The first-order chi connectivity index (χ1) is 10.4. The maximum Gasteiger partial charge on any atom is 0.401 e. The summed E-state index contributed by atoms with van der Waals surface area (Å²) in [6.45, 7) is 0. The maximum absolute atomic E-state index is 11.0. The van der Waals surface area contributed by atoms with Crippen molar-refractivity contribution in [2.24, 2.45) is 0 Å². The minimum Gasteiger partial charge on any atom is -0.497 e. The summed E-state index contributed by atoms with van der Waals surface area (Å²) in [5, 5.41) is 41.3. The summed E-state index contributed by atoms with van der Waals surface area (Å²) in [6.07, 6.45) is -0.706. The number of rotatable bonds is 7. The molecule has 1 atom stereocenters. The van der Waals surface area contributed by atoms with Crippen LogP contribution in [0, 0.1) is 20.2 Å². The molecule has 126 valence electrons. The fraction of sp³-hybridized carbons (Fsp3) is 0.222. The molecule has 1 aromatic carbocycles. The van der Waals surface area contributed by atoms with Gasteiger partial charge in [-0.3, -0.25) is 25.0 Å². The topological polar surface area (TPSA) is 213 Å². The molecule has 0 aromatic heterocycles. The van der Waals surface area contributed by atoms with Crippen LogP contribution in [0.2, 0.25) is 0 Å². The van der Waals surface area contributed by atoms with Crippen LogP contribution >= 0.6 is 7.75 Å². The number of nitro groups is 2. The quantitative estimate of drug-likeness (QED) is 0.248. The molecule has 0 bridgehead atoms. The third kappa shape index (κ3) is 4.96. The van der Waals surface area contributed by atoms with Crippen molar-refractivity contribution >= 4 is 25.1 Å². The van der Waals surface area contributed by atoms with Gasteiger partial charge in [0.1, 0.15) is 6.04 Å². The van der Waals surface area contributed by atoms with Crippen molar-refractivity contribution in [3.8, 4) is 5.75 Å². The Morgan fingerprint density at radius 1 is 1.22 bits per heavy atom. The molecule has 14 heteroatoms. The summed E-state index contributed by atoms with van der Waals surface area (Å²) >= 11 is 0. The Labute approximate surface area is 126 Å². The molecule has 13 nitrogen and oxygen atoms in total. The second kappa shape index (κ2) is 6.66. The number of phenols is 1. The predicted molar refractivity (Wildman–Crippen MR) is 71.7 cm³/mol. The van der Waals surface area contributed by atoms with Gasteiger partial charge in [0.25, 0.3) is 5.75 Å². The molecule has 0 fully saturated rings. The lowest BCUT2D eigenvalue weighted by Gasteiger charge is -2.15. The number of carbonyl (C=O) groups is 1. The zero-order chi connectivity index (χ0) is 17.9. The summed E-state index contributed by atoms with van der Waals surface area (Å²) < 4.78 is 10.8. The van der Waals surface area contributed by atoms with Crippen LogP contribution in [-0.2, 0) is 15.8 Å². The Morgan fingerprint density at radius 2 is 1.65 bits per heavy atom. The van der Waals surface area contributed by atoms with Crippen LogP contribution in [-0.4, -0.2) is 41.9 Å². The van der Waals surface area contributed by atoms with Crippen LogP contribution in [0.3, 0.4) is 0 Å². The molecule has 1 aromatic rings. The number of hydrogen-bond donors (Lipinski definition) is 5. The van der Waals surface area contributed by atoms with Crippen molar-refractivity contribution in [2.75, 3.05) is 0 Å². The highest BCUT2D eigenvalue weighted by atomic mass is 31.2. The molecule has 0 heterocycles. The molecule has 0 aliphatic heterocycles. The summed E-state index contributed by atoms with van der Waals surface area (Å²) in [4.78, 5) is 47.7. The summed E-state index contributed by atoms with van der Waals surface area (Å²) in [5.74, 6) is -2.90. The lowest BCUT2D eigenvalue weighted by molar-refractivity contribution is -0.396. The first-order valence-corrected chi connectivity index (χ1v) is 7.24. The normalized spacial score (nSPS) is 12.6. The molecule has 0 aliphatic rings. The van der Waals surface area contributed by atoms with E-state index >= 15 is 0 Å². The Kier molecular flexibility index (Phi) is 5.34. The largest absolute Gasteiger partial charge is 0.497 e. The van der Waals surface area contributed by atoms with E-state index in [-0.39, 0.29) is 5.56 Å². The second-order valence-electron chi connectivity index (χ2n) is 4.26. The Balaban J connectivity index is 3.31. The molecule has 0 radical (unpaired) electrons. The van der Waals surface area contributed by atoms with Gasteiger partial charge in [-0.15, -0.1) is 0 Å². The molecule has 0 spiro atoms. The third-order valence-electron chi connectivity index (χ3n) is 2.58. The summed E-state index contributed by atoms with van der Waals surface area (Å²) in [6, 6.07) is -0.501. The van der Waals surface area contributed by atoms with Gasteiger partial charge in [-0.1, -0.05) is 0 Å². The predicted octanol–water partition coefficient (Wildman–Crippen LogP) is -0.113. The number of carboxylic acids is 1. The average Bonchev–Trinajstić information content (AvgIpc) is 2.37. The van der Waals surface area contributed by atoms with E-state index in [9.17, 15) is 34.7 Å². The minimum absolute atomic E-state index is 0.283. The zero-order valence-electron chi connectivity index (χ0n) is 11.0. The van der Waals surface area contributed by atoms with Crippen molar-refractivity contribution < 1.29 is 39.2 Å². The molecule has 5 N–H and O–H groups in total. The Bertz CT molecular complexity index is 679. The number of aliphatic carboxylic acids is 1.